The van der Waals surface area contributed by atoms with Crippen molar-refractivity contribution < 1.29 is 15.0 Å². The van der Waals surface area contributed by atoms with E-state index in [1.807, 2.05) is 0 Å². The molecule has 1 aliphatic rings. The molecule has 0 aliphatic heterocycles. The quantitative estimate of drug-likeness (QED) is 0.658. The van der Waals surface area contributed by atoms with Gasteiger partial charge in [0.2, 0.25) is 0 Å². The second-order valence-electron chi connectivity index (χ2n) is 4.16. The Morgan fingerprint density at radius 1 is 1.22 bits per heavy atom. The Morgan fingerprint density at radius 2 is 1.94 bits per heavy atom. The number of nitrogens with two attached hydrogens (primary N) is 1. The summed E-state index contributed by atoms with van der Waals surface area (Å²) in [4.78, 5) is 16.1. The first-order chi connectivity index (χ1) is 8.59. The Balaban J connectivity index is 2.47. The summed E-state index contributed by atoms with van der Waals surface area (Å²) in [5.74, 6) is -1.08. The second-order valence-corrected chi connectivity index (χ2v) is 4.16. The summed E-state index contributed by atoms with van der Waals surface area (Å²) in [7, 11) is 0. The maximum absolute atomic E-state index is 11.9. The lowest BCUT2D eigenvalue weighted by atomic mass is 9.94. The number of aliphatic hydroxyl groups excluding tert-OH is 2. The van der Waals surface area contributed by atoms with Crippen LogP contribution in [0.15, 0.2) is 30.0 Å². The van der Waals surface area contributed by atoms with E-state index in [2.05, 4.69) is 4.98 Å². The molecule has 1 aliphatic carbocycles. The van der Waals surface area contributed by atoms with Crippen molar-refractivity contribution in [1.29, 1.82) is 0 Å². The van der Waals surface area contributed by atoms with E-state index in [4.69, 9.17) is 5.73 Å². The highest BCUT2D eigenvalue weighted by molar-refractivity contribution is 6.12. The third-order valence-corrected chi connectivity index (χ3v) is 3.04. The lowest BCUT2D eigenvalue weighted by molar-refractivity contribution is 0.0974. The Morgan fingerprint density at radius 3 is 2.72 bits per heavy atom. The highest BCUT2D eigenvalue weighted by Gasteiger charge is 2.29. The molecule has 0 saturated carbocycles. The monoisotopic (exact) mass is 242 g/mol. The molecule has 0 atom stereocenters. The summed E-state index contributed by atoms with van der Waals surface area (Å²) >= 11 is 0. The topological polar surface area (TPSA) is 96.4 Å². The van der Waals surface area contributed by atoms with Gasteiger partial charge in [-0.2, -0.15) is 0 Å². The van der Waals surface area contributed by atoms with E-state index in [1.165, 1.54) is 0 Å². The van der Waals surface area contributed by atoms with Crippen LogP contribution in [0.2, 0.25) is 0 Å². The molecule has 90 valence electrons. The number of carbonyl (C=O) groups excluding carboxylic acids is 1. The highest BCUT2D eigenvalue weighted by atomic mass is 16.3. The number of hydrogen-bond donors (Lipinski definition) is 3. The number of pyridine rings is 1. The van der Waals surface area contributed by atoms with Crippen LogP contribution in [0.25, 0.3) is 16.7 Å². The van der Waals surface area contributed by atoms with Gasteiger partial charge in [0.1, 0.15) is 11.5 Å². The fraction of sp³-hybridized carbons (Fsp3) is 0.0769. The lowest BCUT2D eigenvalue weighted by Crippen LogP contribution is -2.16. The van der Waals surface area contributed by atoms with Crippen LogP contribution in [0.1, 0.15) is 22.5 Å². The molecule has 1 aromatic carbocycles. The van der Waals surface area contributed by atoms with Gasteiger partial charge in [0.15, 0.2) is 11.5 Å². The molecule has 0 bridgehead atoms. The van der Waals surface area contributed by atoms with Crippen LogP contribution >= 0.6 is 0 Å². The summed E-state index contributed by atoms with van der Waals surface area (Å²) in [5, 5.41) is 19.9. The van der Waals surface area contributed by atoms with Crippen molar-refractivity contribution in [1.82, 2.24) is 4.98 Å². The van der Waals surface area contributed by atoms with Crippen LogP contribution in [0.5, 0.6) is 0 Å². The molecule has 2 aromatic rings. The number of rotatable bonds is 0. The number of aromatic nitrogens is 1. The molecule has 0 amide bonds. The SMILES string of the molecule is Nc1c2c(nc3ccccc13)C(O)=C(O)CC2=O. The van der Waals surface area contributed by atoms with Crippen molar-refractivity contribution in [2.45, 2.75) is 6.42 Å². The number of para-hydroxylation sites is 1. The summed E-state index contributed by atoms with van der Waals surface area (Å²) in [6.07, 6.45) is -0.247. The molecule has 0 fully saturated rings. The molecule has 5 heteroatoms. The fourth-order valence-electron chi connectivity index (χ4n) is 2.15. The Kier molecular flexibility index (Phi) is 2.04. The van der Waals surface area contributed by atoms with Crippen LogP contribution < -0.4 is 5.73 Å². The van der Waals surface area contributed by atoms with Gasteiger partial charge in [0, 0.05) is 5.39 Å². The van der Waals surface area contributed by atoms with E-state index in [-0.39, 0.29) is 35.0 Å². The number of allylic oxidation sites excluding steroid dienone is 1. The second kappa shape index (κ2) is 3.46. The minimum Gasteiger partial charge on any atom is -0.508 e. The predicted octanol–water partition coefficient (Wildman–Crippen LogP) is 2.19. The largest absolute Gasteiger partial charge is 0.508 e. The minimum atomic E-state index is -0.373. The number of benzene rings is 1. The van der Waals surface area contributed by atoms with E-state index in [9.17, 15) is 15.0 Å². The van der Waals surface area contributed by atoms with Crippen LogP contribution in [0, 0.1) is 0 Å². The number of fused-ring (bicyclic) bond motifs is 2. The van der Waals surface area contributed by atoms with Crippen LogP contribution in [-0.4, -0.2) is 21.0 Å². The summed E-state index contributed by atoms with van der Waals surface area (Å²) < 4.78 is 0. The number of hydrogen-bond acceptors (Lipinski definition) is 5. The van der Waals surface area contributed by atoms with Crippen molar-refractivity contribution in [3.05, 3.63) is 41.3 Å². The standard InChI is InChI=1S/C13H10N2O3/c14-11-6-3-1-2-4-7(6)15-12-10(11)8(16)5-9(17)13(12)18/h1-4,17-18H,5H2,(H2,14,15). The zero-order chi connectivity index (χ0) is 12.9. The van der Waals surface area contributed by atoms with Gasteiger partial charge >= 0.3 is 0 Å². The van der Waals surface area contributed by atoms with Crippen LogP contribution in [-0.2, 0) is 0 Å². The van der Waals surface area contributed by atoms with Crippen molar-refractivity contribution in [3.63, 3.8) is 0 Å². The Labute approximate surface area is 102 Å². The molecular formula is C13H10N2O3. The van der Waals surface area contributed by atoms with Crippen LogP contribution in [0.4, 0.5) is 5.69 Å². The number of aliphatic hydroxyl groups is 2. The molecule has 1 heterocycles. The lowest BCUT2D eigenvalue weighted by Gasteiger charge is -2.17. The summed E-state index contributed by atoms with van der Waals surface area (Å²) in [6.45, 7) is 0. The first-order valence-electron chi connectivity index (χ1n) is 5.42. The highest BCUT2D eigenvalue weighted by Crippen LogP contribution is 2.34. The van der Waals surface area contributed by atoms with Gasteiger partial charge in [0.25, 0.3) is 0 Å². The van der Waals surface area contributed by atoms with Gasteiger partial charge in [0.05, 0.1) is 23.2 Å². The van der Waals surface area contributed by atoms with Crippen molar-refractivity contribution >= 4 is 28.1 Å². The van der Waals surface area contributed by atoms with Gasteiger partial charge in [-0.05, 0) is 6.07 Å². The van der Waals surface area contributed by atoms with E-state index < -0.39 is 0 Å². The number of nitrogens with zero attached hydrogens (tertiary/aromatic N) is 1. The van der Waals surface area contributed by atoms with Gasteiger partial charge in [-0.3, -0.25) is 4.79 Å². The number of anilines is 1. The number of ketones is 1. The van der Waals surface area contributed by atoms with Gasteiger partial charge in [-0.25, -0.2) is 4.98 Å². The Hall–Kier alpha value is -2.56. The number of Topliss-reactive ketones (excluding diaryl/α,β-unsaturated/α-hetero) is 1. The minimum absolute atomic E-state index is 0.0555. The Bertz CT molecular complexity index is 719. The normalized spacial score (nSPS) is 15.0. The molecule has 0 radical (unpaired) electrons. The fourth-order valence-corrected chi connectivity index (χ4v) is 2.15. The van der Waals surface area contributed by atoms with Crippen molar-refractivity contribution in [2.24, 2.45) is 0 Å². The maximum atomic E-state index is 11.9. The first-order valence-corrected chi connectivity index (χ1v) is 5.42. The van der Waals surface area contributed by atoms with E-state index >= 15 is 0 Å². The van der Waals surface area contributed by atoms with Crippen molar-refractivity contribution in [3.8, 4) is 0 Å². The van der Waals surface area contributed by atoms with E-state index in [0.29, 0.717) is 16.6 Å². The average Bonchev–Trinajstić information content (AvgIpc) is 2.36. The molecule has 3 rings (SSSR count). The smallest absolute Gasteiger partial charge is 0.180 e. The van der Waals surface area contributed by atoms with Gasteiger partial charge in [-0.15, -0.1) is 0 Å². The molecule has 18 heavy (non-hydrogen) atoms. The molecule has 5 nitrogen and oxygen atoms in total. The van der Waals surface area contributed by atoms with E-state index in [0.717, 1.165) is 0 Å². The molecule has 1 aromatic heterocycles. The zero-order valence-corrected chi connectivity index (χ0v) is 9.34. The third-order valence-electron chi connectivity index (χ3n) is 3.04. The molecule has 4 N–H and O–H groups in total. The number of carbonyl (C=O) groups is 1. The summed E-state index contributed by atoms with van der Waals surface area (Å²) in [5.41, 5.74) is 7.06. The third kappa shape index (κ3) is 1.27. The molecular weight excluding hydrogens is 232 g/mol. The first kappa shape index (κ1) is 10.6. The summed E-state index contributed by atoms with van der Waals surface area (Å²) in [6, 6.07) is 7.08. The van der Waals surface area contributed by atoms with E-state index in [1.54, 1.807) is 24.3 Å². The average molecular weight is 242 g/mol. The molecule has 0 saturated heterocycles. The molecule has 0 spiro atoms. The zero-order valence-electron chi connectivity index (χ0n) is 9.34. The van der Waals surface area contributed by atoms with Gasteiger partial charge in [-0.1, -0.05) is 18.2 Å². The van der Waals surface area contributed by atoms with Crippen LogP contribution in [0.3, 0.4) is 0 Å². The van der Waals surface area contributed by atoms with Gasteiger partial charge < -0.3 is 15.9 Å². The molecule has 0 unspecified atom stereocenters. The number of nitrogen functional groups attached to an aromatic ring is 1. The van der Waals surface area contributed by atoms with Crippen molar-refractivity contribution in [2.75, 3.05) is 5.73 Å². The predicted molar refractivity (Wildman–Crippen MR) is 67.3 cm³/mol. The maximum Gasteiger partial charge on any atom is 0.180 e.